The van der Waals surface area contributed by atoms with E-state index in [1.54, 1.807) is 0 Å². The number of anilines is 2. The molecule has 0 aliphatic carbocycles. The molecule has 0 unspecified atom stereocenters. The van der Waals surface area contributed by atoms with E-state index < -0.39 is 11.9 Å². The van der Waals surface area contributed by atoms with Crippen LogP contribution in [-0.4, -0.2) is 26.6 Å². The van der Waals surface area contributed by atoms with Gasteiger partial charge in [-0.25, -0.2) is 4.79 Å². The van der Waals surface area contributed by atoms with Crippen LogP contribution in [0.15, 0.2) is 23.6 Å². The molecule has 4 N–H and O–H groups in total. The van der Waals surface area contributed by atoms with Crippen LogP contribution in [-0.2, 0) is 0 Å². The van der Waals surface area contributed by atoms with Gasteiger partial charge in [-0.2, -0.15) is 0 Å². The van der Waals surface area contributed by atoms with Crippen LogP contribution in [0.1, 0.15) is 20.8 Å². The third-order valence-corrected chi connectivity index (χ3v) is 2.64. The van der Waals surface area contributed by atoms with Gasteiger partial charge in [0.1, 0.15) is 0 Å². The predicted molar refractivity (Wildman–Crippen MR) is 65.7 cm³/mol. The van der Waals surface area contributed by atoms with Crippen molar-refractivity contribution in [2.24, 2.45) is 0 Å². The average molecular weight is 264 g/mol. The molecule has 0 radical (unpaired) electrons. The Morgan fingerprint density at radius 2 is 2.17 bits per heavy atom. The van der Waals surface area contributed by atoms with Gasteiger partial charge in [0, 0.05) is 5.38 Å². The first kappa shape index (κ1) is 12.0. The first-order chi connectivity index (χ1) is 8.58. The number of amides is 1. The largest absolute Gasteiger partial charge is 0.478 e. The van der Waals surface area contributed by atoms with Gasteiger partial charge in [-0.05, 0) is 29.7 Å². The SMILES string of the molecule is Nc1cc(C(=O)O)ccc1NC(=O)c1csnn1. The molecule has 92 valence electrons. The minimum absolute atomic E-state index is 0.0563. The molecule has 1 heterocycles. The van der Waals surface area contributed by atoms with Crippen molar-refractivity contribution in [2.45, 2.75) is 0 Å². The number of aromatic carboxylic acids is 1. The highest BCUT2D eigenvalue weighted by molar-refractivity contribution is 7.03. The summed E-state index contributed by atoms with van der Waals surface area (Å²) in [6.45, 7) is 0. The Bertz CT molecular complexity index is 597. The van der Waals surface area contributed by atoms with Gasteiger partial charge in [-0.3, -0.25) is 4.79 Å². The number of carbonyl (C=O) groups is 2. The van der Waals surface area contributed by atoms with Gasteiger partial charge < -0.3 is 16.2 Å². The van der Waals surface area contributed by atoms with Gasteiger partial charge >= 0.3 is 5.97 Å². The molecule has 1 aromatic carbocycles. The quantitative estimate of drug-likeness (QED) is 0.713. The number of nitrogens with one attached hydrogen (secondary N) is 1. The minimum Gasteiger partial charge on any atom is -0.478 e. The van der Waals surface area contributed by atoms with E-state index in [-0.39, 0.29) is 16.9 Å². The molecule has 0 bridgehead atoms. The Kier molecular flexibility index (Phi) is 3.20. The van der Waals surface area contributed by atoms with Crippen molar-refractivity contribution < 1.29 is 14.7 Å². The Morgan fingerprint density at radius 1 is 1.39 bits per heavy atom. The Hall–Kier alpha value is -2.48. The Balaban J connectivity index is 2.20. The molecule has 0 atom stereocenters. The highest BCUT2D eigenvalue weighted by Crippen LogP contribution is 2.20. The molecule has 1 amide bonds. The summed E-state index contributed by atoms with van der Waals surface area (Å²) >= 11 is 1.06. The van der Waals surface area contributed by atoms with Crippen molar-refractivity contribution in [1.29, 1.82) is 0 Å². The summed E-state index contributed by atoms with van der Waals surface area (Å²) in [4.78, 5) is 22.4. The Morgan fingerprint density at radius 3 is 2.72 bits per heavy atom. The standard InChI is InChI=1S/C10H8N4O3S/c11-6-3-5(10(16)17)1-2-7(6)12-9(15)8-4-18-14-13-8/h1-4H,11H2,(H,12,15)(H,16,17). The van der Waals surface area contributed by atoms with E-state index in [9.17, 15) is 9.59 Å². The molecule has 7 nitrogen and oxygen atoms in total. The maximum atomic E-state index is 11.7. The van der Waals surface area contributed by atoms with Crippen molar-refractivity contribution in [1.82, 2.24) is 9.59 Å². The molecule has 1 aromatic heterocycles. The monoisotopic (exact) mass is 264 g/mol. The average Bonchev–Trinajstić information content (AvgIpc) is 2.85. The van der Waals surface area contributed by atoms with Gasteiger partial charge in [-0.1, -0.05) is 4.49 Å². The maximum Gasteiger partial charge on any atom is 0.335 e. The lowest BCUT2D eigenvalue weighted by Crippen LogP contribution is -2.14. The molecular formula is C10H8N4O3S. The topological polar surface area (TPSA) is 118 Å². The summed E-state index contributed by atoms with van der Waals surface area (Å²) in [7, 11) is 0. The van der Waals surface area contributed by atoms with Gasteiger partial charge in [0.2, 0.25) is 0 Å². The molecule has 0 saturated carbocycles. The number of carbonyl (C=O) groups excluding carboxylic acids is 1. The molecule has 0 aliphatic rings. The summed E-state index contributed by atoms with van der Waals surface area (Å²) in [6.07, 6.45) is 0. The minimum atomic E-state index is -1.08. The number of nitrogen functional groups attached to an aromatic ring is 1. The fourth-order valence-electron chi connectivity index (χ4n) is 1.26. The zero-order valence-corrected chi connectivity index (χ0v) is 9.77. The van der Waals surface area contributed by atoms with E-state index in [1.807, 2.05) is 0 Å². The second-order valence-corrected chi connectivity index (χ2v) is 3.96. The lowest BCUT2D eigenvalue weighted by Gasteiger charge is -2.07. The first-order valence-corrected chi connectivity index (χ1v) is 5.63. The van der Waals surface area contributed by atoms with Crippen LogP contribution >= 0.6 is 11.5 Å². The van der Waals surface area contributed by atoms with E-state index in [4.69, 9.17) is 10.8 Å². The summed E-state index contributed by atoms with van der Waals surface area (Å²) in [5, 5.41) is 16.4. The first-order valence-electron chi connectivity index (χ1n) is 4.79. The molecule has 0 aliphatic heterocycles. The number of nitrogens with two attached hydrogens (primary N) is 1. The molecule has 2 rings (SSSR count). The zero-order valence-electron chi connectivity index (χ0n) is 8.95. The van der Waals surface area contributed by atoms with Crippen molar-refractivity contribution in [3.05, 3.63) is 34.8 Å². The van der Waals surface area contributed by atoms with Gasteiger partial charge in [0.25, 0.3) is 5.91 Å². The molecule has 0 saturated heterocycles. The number of carboxylic acids is 1. The molecule has 8 heteroatoms. The van der Waals surface area contributed by atoms with Crippen molar-refractivity contribution in [2.75, 3.05) is 11.1 Å². The van der Waals surface area contributed by atoms with E-state index in [2.05, 4.69) is 14.9 Å². The Labute approximate surface area is 105 Å². The van der Waals surface area contributed by atoms with Crippen LogP contribution < -0.4 is 11.1 Å². The number of hydrogen-bond acceptors (Lipinski definition) is 6. The van der Waals surface area contributed by atoms with Gasteiger partial charge in [-0.15, -0.1) is 5.10 Å². The second-order valence-electron chi connectivity index (χ2n) is 3.35. The third-order valence-electron chi connectivity index (χ3n) is 2.14. The maximum absolute atomic E-state index is 11.7. The highest BCUT2D eigenvalue weighted by Gasteiger charge is 2.12. The van der Waals surface area contributed by atoms with E-state index in [0.29, 0.717) is 5.69 Å². The summed E-state index contributed by atoms with van der Waals surface area (Å²) in [5.74, 6) is -1.53. The van der Waals surface area contributed by atoms with Crippen LogP contribution in [0.4, 0.5) is 11.4 Å². The fraction of sp³-hybridized carbons (Fsp3) is 0. The summed E-state index contributed by atoms with van der Waals surface area (Å²) in [5.41, 5.74) is 6.39. The van der Waals surface area contributed by atoms with Crippen LogP contribution in [0.3, 0.4) is 0 Å². The highest BCUT2D eigenvalue weighted by atomic mass is 32.1. The number of carboxylic acid groups (broad SMARTS) is 1. The molecule has 2 aromatic rings. The van der Waals surface area contributed by atoms with E-state index in [1.165, 1.54) is 23.6 Å². The van der Waals surface area contributed by atoms with Crippen LogP contribution in [0.25, 0.3) is 0 Å². The van der Waals surface area contributed by atoms with Crippen molar-refractivity contribution >= 4 is 34.8 Å². The fourth-order valence-corrected chi connectivity index (χ4v) is 1.70. The predicted octanol–water partition coefficient (Wildman–Crippen LogP) is 1.07. The molecule has 0 spiro atoms. The van der Waals surface area contributed by atoms with Crippen molar-refractivity contribution in [3.8, 4) is 0 Å². The van der Waals surface area contributed by atoms with E-state index in [0.717, 1.165) is 11.5 Å². The number of nitrogens with zero attached hydrogens (tertiary/aromatic N) is 2. The summed E-state index contributed by atoms with van der Waals surface area (Å²) in [6, 6.07) is 4.06. The number of rotatable bonds is 3. The van der Waals surface area contributed by atoms with Crippen LogP contribution in [0, 0.1) is 0 Å². The zero-order chi connectivity index (χ0) is 13.1. The van der Waals surface area contributed by atoms with Crippen molar-refractivity contribution in [3.63, 3.8) is 0 Å². The number of benzene rings is 1. The second kappa shape index (κ2) is 4.80. The molecule has 18 heavy (non-hydrogen) atoms. The number of aromatic nitrogens is 2. The molecule has 0 fully saturated rings. The lowest BCUT2D eigenvalue weighted by atomic mass is 10.1. The normalized spacial score (nSPS) is 10.0. The van der Waals surface area contributed by atoms with Gasteiger partial charge in [0.15, 0.2) is 5.69 Å². The van der Waals surface area contributed by atoms with Crippen LogP contribution in [0.5, 0.6) is 0 Å². The van der Waals surface area contributed by atoms with Crippen LogP contribution in [0.2, 0.25) is 0 Å². The summed E-state index contributed by atoms with van der Waals surface area (Å²) < 4.78 is 3.57. The smallest absolute Gasteiger partial charge is 0.335 e. The molecular weight excluding hydrogens is 256 g/mol. The number of hydrogen-bond donors (Lipinski definition) is 3. The van der Waals surface area contributed by atoms with E-state index >= 15 is 0 Å². The lowest BCUT2D eigenvalue weighted by molar-refractivity contribution is 0.0697. The third kappa shape index (κ3) is 2.43. The van der Waals surface area contributed by atoms with Gasteiger partial charge in [0.05, 0.1) is 16.9 Å².